The SMILES string of the molecule is O=[N+]([O-])c1ccnc(CS(=O)c2nc3ccc(F)cc3[nH]2)c1. The molecule has 22 heavy (non-hydrogen) atoms. The molecule has 0 aliphatic heterocycles. The average Bonchev–Trinajstić information content (AvgIpc) is 2.90. The Labute approximate surface area is 125 Å². The summed E-state index contributed by atoms with van der Waals surface area (Å²) in [6.07, 6.45) is 1.29. The Bertz CT molecular complexity index is 896. The third-order valence-electron chi connectivity index (χ3n) is 2.93. The topological polar surface area (TPSA) is 102 Å². The van der Waals surface area contributed by atoms with Crippen molar-refractivity contribution in [2.75, 3.05) is 0 Å². The van der Waals surface area contributed by atoms with E-state index in [2.05, 4.69) is 15.0 Å². The molecule has 0 bridgehead atoms. The van der Waals surface area contributed by atoms with E-state index in [1.165, 1.54) is 36.5 Å². The summed E-state index contributed by atoms with van der Waals surface area (Å²) in [7, 11) is -1.57. The molecule has 0 saturated heterocycles. The van der Waals surface area contributed by atoms with Gasteiger partial charge in [-0.25, -0.2) is 9.37 Å². The predicted octanol–water partition coefficient (Wildman–Crippen LogP) is 2.31. The number of imidazole rings is 1. The van der Waals surface area contributed by atoms with Gasteiger partial charge >= 0.3 is 0 Å². The number of hydrogen-bond donors (Lipinski definition) is 1. The van der Waals surface area contributed by atoms with Gasteiger partial charge in [-0.2, -0.15) is 0 Å². The molecule has 0 saturated carbocycles. The van der Waals surface area contributed by atoms with Crippen LogP contribution in [0.1, 0.15) is 5.69 Å². The van der Waals surface area contributed by atoms with Crippen LogP contribution < -0.4 is 0 Å². The number of aromatic amines is 1. The van der Waals surface area contributed by atoms with Crippen molar-refractivity contribution in [2.24, 2.45) is 0 Å². The van der Waals surface area contributed by atoms with Crippen LogP contribution in [0.5, 0.6) is 0 Å². The molecule has 9 heteroatoms. The maximum atomic E-state index is 13.1. The molecule has 3 aromatic rings. The molecule has 1 unspecified atom stereocenters. The van der Waals surface area contributed by atoms with E-state index in [1.807, 2.05) is 0 Å². The Balaban J connectivity index is 1.86. The average molecular weight is 320 g/mol. The molecule has 1 N–H and O–H groups in total. The van der Waals surface area contributed by atoms with Crippen molar-refractivity contribution in [3.05, 3.63) is 58.2 Å². The van der Waals surface area contributed by atoms with Crippen LogP contribution in [-0.4, -0.2) is 24.1 Å². The van der Waals surface area contributed by atoms with Crippen LogP contribution in [0.3, 0.4) is 0 Å². The first-order chi connectivity index (χ1) is 10.5. The van der Waals surface area contributed by atoms with E-state index in [4.69, 9.17) is 0 Å². The van der Waals surface area contributed by atoms with Gasteiger partial charge in [0, 0.05) is 18.3 Å². The van der Waals surface area contributed by atoms with E-state index < -0.39 is 21.5 Å². The summed E-state index contributed by atoms with van der Waals surface area (Å²) >= 11 is 0. The van der Waals surface area contributed by atoms with Gasteiger partial charge in [-0.15, -0.1) is 0 Å². The molecule has 0 amide bonds. The van der Waals surface area contributed by atoms with Gasteiger partial charge in [-0.1, -0.05) is 0 Å². The van der Waals surface area contributed by atoms with Crippen molar-refractivity contribution in [3.63, 3.8) is 0 Å². The fourth-order valence-electron chi connectivity index (χ4n) is 1.93. The first kappa shape index (κ1) is 14.3. The van der Waals surface area contributed by atoms with E-state index in [-0.39, 0.29) is 16.6 Å². The molecule has 1 aromatic carbocycles. The standard InChI is InChI=1S/C13H9FN4O3S/c14-8-1-2-11-12(5-8)17-13(16-11)22(21)7-9-6-10(18(19)20)3-4-15-9/h1-6H,7H2,(H,16,17). The quantitative estimate of drug-likeness (QED) is 0.587. The first-order valence-corrected chi connectivity index (χ1v) is 7.48. The monoisotopic (exact) mass is 320 g/mol. The molecule has 2 heterocycles. The van der Waals surface area contributed by atoms with Gasteiger partial charge in [0.25, 0.3) is 5.69 Å². The minimum Gasteiger partial charge on any atom is -0.331 e. The van der Waals surface area contributed by atoms with Crippen LogP contribution >= 0.6 is 0 Å². The number of benzene rings is 1. The Hall–Kier alpha value is -2.68. The van der Waals surface area contributed by atoms with Gasteiger partial charge in [0.05, 0.1) is 38.2 Å². The number of fused-ring (bicyclic) bond motifs is 1. The van der Waals surface area contributed by atoms with Crippen LogP contribution in [0, 0.1) is 15.9 Å². The molecule has 0 aliphatic rings. The molecule has 112 valence electrons. The first-order valence-electron chi connectivity index (χ1n) is 6.16. The molecule has 0 aliphatic carbocycles. The highest BCUT2D eigenvalue weighted by atomic mass is 32.2. The van der Waals surface area contributed by atoms with E-state index in [9.17, 15) is 18.7 Å². The van der Waals surface area contributed by atoms with Gasteiger partial charge in [0.2, 0.25) is 0 Å². The minimum absolute atomic E-state index is 0.0238. The molecule has 2 aromatic heterocycles. The van der Waals surface area contributed by atoms with Crippen LogP contribution in [0.2, 0.25) is 0 Å². The number of nitrogens with zero attached hydrogens (tertiary/aromatic N) is 3. The highest BCUT2D eigenvalue weighted by Gasteiger charge is 2.14. The summed E-state index contributed by atoms with van der Waals surface area (Å²) in [5.74, 6) is -0.446. The lowest BCUT2D eigenvalue weighted by atomic mass is 10.3. The maximum absolute atomic E-state index is 13.1. The third kappa shape index (κ3) is 2.84. The van der Waals surface area contributed by atoms with E-state index >= 15 is 0 Å². The van der Waals surface area contributed by atoms with E-state index in [1.54, 1.807) is 0 Å². The second kappa shape index (κ2) is 5.60. The number of nitrogens with one attached hydrogen (secondary N) is 1. The van der Waals surface area contributed by atoms with Gasteiger partial charge in [0.1, 0.15) is 5.82 Å². The lowest BCUT2D eigenvalue weighted by Gasteiger charge is -1.99. The number of hydrogen-bond acceptors (Lipinski definition) is 5. The Kier molecular flexibility index (Phi) is 3.63. The lowest BCUT2D eigenvalue weighted by Crippen LogP contribution is -2.01. The number of aromatic nitrogens is 3. The highest BCUT2D eigenvalue weighted by Crippen LogP contribution is 2.17. The molecule has 0 fully saturated rings. The van der Waals surface area contributed by atoms with Gasteiger partial charge in [-0.05, 0) is 18.2 Å². The summed E-state index contributed by atoms with van der Waals surface area (Å²) in [6, 6.07) is 6.52. The van der Waals surface area contributed by atoms with Crippen molar-refractivity contribution in [3.8, 4) is 0 Å². The normalized spacial score (nSPS) is 12.4. The largest absolute Gasteiger partial charge is 0.331 e. The lowest BCUT2D eigenvalue weighted by molar-refractivity contribution is -0.385. The smallest absolute Gasteiger partial charge is 0.272 e. The highest BCUT2D eigenvalue weighted by molar-refractivity contribution is 7.84. The predicted molar refractivity (Wildman–Crippen MR) is 77.1 cm³/mol. The Morgan fingerprint density at radius 2 is 2.14 bits per heavy atom. The zero-order valence-electron chi connectivity index (χ0n) is 11.0. The van der Waals surface area contributed by atoms with Gasteiger partial charge in [-0.3, -0.25) is 19.3 Å². The number of halogens is 1. The van der Waals surface area contributed by atoms with E-state index in [0.717, 1.165) is 0 Å². The summed E-state index contributed by atoms with van der Waals surface area (Å²) in [4.78, 5) is 21.0. The summed E-state index contributed by atoms with van der Waals surface area (Å²) in [5.41, 5.74) is 1.14. The number of H-pyrrole nitrogens is 1. The fraction of sp³-hybridized carbons (Fsp3) is 0.0769. The number of pyridine rings is 1. The molecule has 0 radical (unpaired) electrons. The second-order valence-electron chi connectivity index (χ2n) is 4.46. The van der Waals surface area contributed by atoms with Crippen molar-refractivity contribution >= 4 is 27.5 Å². The summed E-state index contributed by atoms with van der Waals surface area (Å²) < 4.78 is 25.4. The molecule has 1 atom stereocenters. The van der Waals surface area contributed by atoms with Crippen molar-refractivity contribution in [1.29, 1.82) is 0 Å². The number of rotatable bonds is 4. The minimum atomic E-state index is -1.57. The number of nitro groups is 1. The zero-order chi connectivity index (χ0) is 15.7. The fourth-order valence-corrected chi connectivity index (χ4v) is 2.91. The van der Waals surface area contributed by atoms with E-state index in [0.29, 0.717) is 16.7 Å². The molecule has 7 nitrogen and oxygen atoms in total. The second-order valence-corrected chi connectivity index (χ2v) is 5.82. The van der Waals surface area contributed by atoms with Crippen LogP contribution in [0.25, 0.3) is 11.0 Å². The Morgan fingerprint density at radius 3 is 2.91 bits per heavy atom. The van der Waals surface area contributed by atoms with Crippen LogP contribution in [0.4, 0.5) is 10.1 Å². The van der Waals surface area contributed by atoms with Crippen molar-refractivity contribution in [1.82, 2.24) is 15.0 Å². The molecule has 3 rings (SSSR count). The van der Waals surface area contributed by atoms with Gasteiger partial charge < -0.3 is 4.98 Å². The molecular formula is C13H9FN4O3S. The zero-order valence-corrected chi connectivity index (χ0v) is 11.8. The summed E-state index contributed by atoms with van der Waals surface area (Å²) in [6.45, 7) is 0. The van der Waals surface area contributed by atoms with Gasteiger partial charge in [0.15, 0.2) is 5.16 Å². The van der Waals surface area contributed by atoms with Crippen LogP contribution in [0.15, 0.2) is 41.7 Å². The van der Waals surface area contributed by atoms with Crippen molar-refractivity contribution < 1.29 is 13.5 Å². The Morgan fingerprint density at radius 1 is 1.32 bits per heavy atom. The third-order valence-corrected chi connectivity index (χ3v) is 4.11. The maximum Gasteiger partial charge on any atom is 0.272 e. The van der Waals surface area contributed by atoms with Crippen LogP contribution in [-0.2, 0) is 16.6 Å². The molecular weight excluding hydrogens is 311 g/mol. The van der Waals surface area contributed by atoms with Crippen molar-refractivity contribution in [2.45, 2.75) is 10.9 Å². The summed E-state index contributed by atoms with van der Waals surface area (Å²) in [5, 5.41) is 10.9. The molecule has 0 spiro atoms.